The van der Waals surface area contributed by atoms with Crippen molar-refractivity contribution < 1.29 is 0 Å². The fourth-order valence-electron chi connectivity index (χ4n) is 0.936. The maximum Gasteiger partial charge on any atom is 0.0397 e. The van der Waals surface area contributed by atoms with E-state index in [1.54, 1.807) is 0 Å². The standard InChI is InChI=1S/C7H15N3/c1-4-6(3)7(5-2)9-10-8/h6-7H,4-5H2,1-3H3/t6-,7?/m1/s1. The minimum atomic E-state index is 0.190. The quantitative estimate of drug-likeness (QED) is 0.328. The van der Waals surface area contributed by atoms with Crippen molar-refractivity contribution in [2.45, 2.75) is 39.7 Å². The molecule has 0 bridgehead atoms. The van der Waals surface area contributed by atoms with E-state index in [-0.39, 0.29) is 6.04 Å². The Balaban J connectivity index is 3.91. The van der Waals surface area contributed by atoms with Gasteiger partial charge >= 0.3 is 0 Å². The molecule has 10 heavy (non-hydrogen) atoms. The Morgan fingerprint density at radius 3 is 2.30 bits per heavy atom. The zero-order valence-electron chi connectivity index (χ0n) is 6.91. The van der Waals surface area contributed by atoms with Gasteiger partial charge in [-0.1, -0.05) is 32.3 Å². The summed E-state index contributed by atoms with van der Waals surface area (Å²) in [7, 11) is 0. The molecule has 3 nitrogen and oxygen atoms in total. The summed E-state index contributed by atoms with van der Waals surface area (Å²) in [5.74, 6) is 0.515. The number of rotatable bonds is 4. The van der Waals surface area contributed by atoms with Crippen LogP contribution in [0.15, 0.2) is 5.11 Å². The van der Waals surface area contributed by atoms with E-state index in [1.807, 2.05) is 6.92 Å². The predicted octanol–water partition coefficient (Wildman–Crippen LogP) is 3.12. The molecule has 0 radical (unpaired) electrons. The van der Waals surface area contributed by atoms with E-state index in [2.05, 4.69) is 23.9 Å². The molecular formula is C7H15N3. The second kappa shape index (κ2) is 5.12. The summed E-state index contributed by atoms with van der Waals surface area (Å²) in [4.78, 5) is 2.80. The molecule has 0 spiro atoms. The van der Waals surface area contributed by atoms with Gasteiger partial charge in [-0.15, -0.1) is 0 Å². The first-order valence-corrected chi connectivity index (χ1v) is 3.80. The molecule has 0 aromatic carbocycles. The minimum Gasteiger partial charge on any atom is -0.0904 e. The van der Waals surface area contributed by atoms with Gasteiger partial charge in [0.1, 0.15) is 0 Å². The average Bonchev–Trinajstić information content (AvgIpc) is 1.99. The van der Waals surface area contributed by atoms with Gasteiger partial charge in [-0.3, -0.25) is 0 Å². The van der Waals surface area contributed by atoms with Crippen LogP contribution < -0.4 is 0 Å². The second-order valence-corrected chi connectivity index (χ2v) is 2.57. The Hall–Kier alpha value is -0.690. The van der Waals surface area contributed by atoms with Crippen molar-refractivity contribution in [2.24, 2.45) is 11.0 Å². The molecule has 0 aliphatic heterocycles. The first-order valence-electron chi connectivity index (χ1n) is 3.80. The van der Waals surface area contributed by atoms with Crippen LogP contribution in [0.3, 0.4) is 0 Å². The Morgan fingerprint density at radius 2 is 2.00 bits per heavy atom. The lowest BCUT2D eigenvalue weighted by Crippen LogP contribution is -2.12. The van der Waals surface area contributed by atoms with Crippen LogP contribution >= 0.6 is 0 Å². The topological polar surface area (TPSA) is 48.8 Å². The van der Waals surface area contributed by atoms with Gasteiger partial charge in [0.25, 0.3) is 0 Å². The third-order valence-corrected chi connectivity index (χ3v) is 1.92. The molecule has 0 rings (SSSR count). The van der Waals surface area contributed by atoms with E-state index in [4.69, 9.17) is 5.53 Å². The molecule has 3 heteroatoms. The first kappa shape index (κ1) is 9.31. The third kappa shape index (κ3) is 2.74. The van der Waals surface area contributed by atoms with Gasteiger partial charge in [0.15, 0.2) is 0 Å². The lowest BCUT2D eigenvalue weighted by atomic mass is 9.98. The molecule has 0 N–H and O–H groups in total. The van der Waals surface area contributed by atoms with E-state index in [0.717, 1.165) is 12.8 Å². The van der Waals surface area contributed by atoms with Crippen molar-refractivity contribution in [3.8, 4) is 0 Å². The van der Waals surface area contributed by atoms with Crippen LogP contribution in [-0.4, -0.2) is 6.04 Å². The molecule has 0 aromatic heterocycles. The van der Waals surface area contributed by atoms with Crippen LogP contribution in [0.1, 0.15) is 33.6 Å². The van der Waals surface area contributed by atoms with Gasteiger partial charge < -0.3 is 0 Å². The van der Waals surface area contributed by atoms with E-state index in [0.29, 0.717) is 5.92 Å². The number of hydrogen-bond acceptors (Lipinski definition) is 1. The molecule has 58 valence electrons. The van der Waals surface area contributed by atoms with Crippen LogP contribution in [0.2, 0.25) is 0 Å². The Kier molecular flexibility index (Phi) is 4.77. The van der Waals surface area contributed by atoms with Crippen LogP contribution in [0, 0.1) is 5.92 Å². The minimum absolute atomic E-state index is 0.190. The second-order valence-electron chi connectivity index (χ2n) is 2.57. The Bertz CT molecular complexity index is 127. The summed E-state index contributed by atoms with van der Waals surface area (Å²) in [5.41, 5.74) is 8.17. The molecule has 0 fully saturated rings. The highest BCUT2D eigenvalue weighted by Crippen LogP contribution is 2.14. The monoisotopic (exact) mass is 141 g/mol. The van der Waals surface area contributed by atoms with E-state index in [1.165, 1.54) is 0 Å². The van der Waals surface area contributed by atoms with Crippen LogP contribution in [-0.2, 0) is 0 Å². The fraction of sp³-hybridized carbons (Fsp3) is 1.00. The van der Waals surface area contributed by atoms with Crippen LogP contribution in [0.5, 0.6) is 0 Å². The lowest BCUT2D eigenvalue weighted by Gasteiger charge is -2.14. The Labute approximate surface area is 62.1 Å². The highest BCUT2D eigenvalue weighted by atomic mass is 15.1. The molecule has 0 aliphatic rings. The molecule has 0 amide bonds. The molecule has 0 saturated heterocycles. The maximum atomic E-state index is 8.17. The number of azide groups is 1. The predicted molar refractivity (Wildman–Crippen MR) is 42.7 cm³/mol. The van der Waals surface area contributed by atoms with Crippen molar-refractivity contribution in [1.82, 2.24) is 0 Å². The SMILES string of the molecule is CCC(N=[N+]=[N-])[C@H](C)CC. The van der Waals surface area contributed by atoms with Gasteiger partial charge in [0.2, 0.25) is 0 Å². The van der Waals surface area contributed by atoms with Crippen molar-refractivity contribution in [1.29, 1.82) is 0 Å². The number of nitrogens with zero attached hydrogens (tertiary/aromatic N) is 3. The van der Waals surface area contributed by atoms with E-state index < -0.39 is 0 Å². The number of hydrogen-bond donors (Lipinski definition) is 0. The van der Waals surface area contributed by atoms with Crippen molar-refractivity contribution in [3.05, 3.63) is 10.4 Å². The molecule has 0 aliphatic carbocycles. The highest BCUT2D eigenvalue weighted by molar-refractivity contribution is 4.70. The van der Waals surface area contributed by atoms with Gasteiger partial charge in [0.05, 0.1) is 0 Å². The van der Waals surface area contributed by atoms with E-state index in [9.17, 15) is 0 Å². The first-order chi connectivity index (χ1) is 4.76. The van der Waals surface area contributed by atoms with E-state index >= 15 is 0 Å². The van der Waals surface area contributed by atoms with Gasteiger partial charge in [-0.25, -0.2) is 0 Å². The normalized spacial score (nSPS) is 15.5. The summed E-state index contributed by atoms with van der Waals surface area (Å²) in [5, 5.41) is 3.69. The zero-order chi connectivity index (χ0) is 7.98. The van der Waals surface area contributed by atoms with Crippen LogP contribution in [0.4, 0.5) is 0 Å². The fourth-order valence-corrected chi connectivity index (χ4v) is 0.936. The molecule has 2 atom stereocenters. The molecule has 1 unspecified atom stereocenters. The highest BCUT2D eigenvalue weighted by Gasteiger charge is 2.10. The van der Waals surface area contributed by atoms with Gasteiger partial charge in [0, 0.05) is 11.0 Å². The van der Waals surface area contributed by atoms with Crippen LogP contribution in [0.25, 0.3) is 10.4 Å². The zero-order valence-corrected chi connectivity index (χ0v) is 6.91. The lowest BCUT2D eigenvalue weighted by molar-refractivity contribution is 0.431. The largest absolute Gasteiger partial charge is 0.0904 e. The summed E-state index contributed by atoms with van der Waals surface area (Å²) < 4.78 is 0. The molecule has 0 heterocycles. The Morgan fingerprint density at radius 1 is 1.40 bits per heavy atom. The smallest absolute Gasteiger partial charge is 0.0397 e. The molecule has 0 saturated carbocycles. The summed E-state index contributed by atoms with van der Waals surface area (Å²) >= 11 is 0. The summed E-state index contributed by atoms with van der Waals surface area (Å²) in [6.07, 6.45) is 2.02. The van der Waals surface area contributed by atoms with Gasteiger partial charge in [-0.2, -0.15) is 0 Å². The third-order valence-electron chi connectivity index (χ3n) is 1.92. The average molecular weight is 141 g/mol. The van der Waals surface area contributed by atoms with Crippen molar-refractivity contribution in [3.63, 3.8) is 0 Å². The molecular weight excluding hydrogens is 126 g/mol. The van der Waals surface area contributed by atoms with Gasteiger partial charge in [-0.05, 0) is 17.9 Å². The van der Waals surface area contributed by atoms with Crippen molar-refractivity contribution >= 4 is 0 Å². The summed E-state index contributed by atoms with van der Waals surface area (Å²) in [6.45, 7) is 6.27. The summed E-state index contributed by atoms with van der Waals surface area (Å²) in [6, 6.07) is 0.190. The maximum absolute atomic E-state index is 8.17. The molecule has 0 aromatic rings. The van der Waals surface area contributed by atoms with Crippen molar-refractivity contribution in [2.75, 3.05) is 0 Å².